The molecule has 8 heteroatoms. The molecule has 0 heterocycles. The predicted molar refractivity (Wildman–Crippen MR) is 72.8 cm³/mol. The van der Waals surface area contributed by atoms with Crippen LogP contribution in [0.3, 0.4) is 0 Å². The second kappa shape index (κ2) is 3.79. The summed E-state index contributed by atoms with van der Waals surface area (Å²) in [6.07, 6.45) is 1.63. The highest BCUT2D eigenvalue weighted by atomic mass is 32.3. The van der Waals surface area contributed by atoms with Gasteiger partial charge in [-0.15, -0.1) is 0 Å². The van der Waals surface area contributed by atoms with Gasteiger partial charge in [0.15, 0.2) is 0 Å². The minimum atomic E-state index is -5.03. The molecule has 2 N–H and O–H groups in total. The van der Waals surface area contributed by atoms with E-state index in [-0.39, 0.29) is 0 Å². The Hall–Kier alpha value is -1.48. The van der Waals surface area contributed by atoms with Crippen molar-refractivity contribution in [3.63, 3.8) is 0 Å². The predicted octanol–water partition coefficient (Wildman–Crippen LogP) is 1.34. The zero-order valence-electron chi connectivity index (χ0n) is 10.0. The molecule has 0 atom stereocenters. The first-order chi connectivity index (χ1) is 9.17. The highest BCUT2D eigenvalue weighted by Gasteiger charge is 2.55. The molecule has 0 bridgehead atoms. The van der Waals surface area contributed by atoms with Crippen LogP contribution in [-0.4, -0.2) is 30.0 Å². The quantitative estimate of drug-likeness (QED) is 0.797. The van der Waals surface area contributed by atoms with Gasteiger partial charge in [0.1, 0.15) is 0 Å². The normalized spacial score (nSPS) is 20.1. The Morgan fingerprint density at radius 2 is 1.50 bits per heavy atom. The first-order valence-electron chi connectivity index (χ1n) is 5.64. The molecule has 2 aliphatic carbocycles. The fraction of sp³-hybridized carbons (Fsp3) is 0.167. The van der Waals surface area contributed by atoms with Crippen LogP contribution in [0.2, 0.25) is 0 Å². The van der Waals surface area contributed by atoms with E-state index in [0.717, 1.165) is 22.8 Å². The highest BCUT2D eigenvalue weighted by molar-refractivity contribution is 8.05. The van der Waals surface area contributed by atoms with Gasteiger partial charge in [0.05, 0.1) is 0 Å². The van der Waals surface area contributed by atoms with Crippen LogP contribution in [0.4, 0.5) is 0 Å². The Morgan fingerprint density at radius 3 is 2.05 bits per heavy atom. The maximum Gasteiger partial charge on any atom is 0.291 e. The molecule has 2 aliphatic rings. The lowest BCUT2D eigenvalue weighted by molar-refractivity contribution is 0.438. The van der Waals surface area contributed by atoms with Gasteiger partial charge in [0, 0.05) is 6.42 Å². The molecule has 0 unspecified atom stereocenters. The molecule has 6 nitrogen and oxygen atoms in total. The monoisotopic (exact) mass is 314 g/mol. The molecule has 106 valence electrons. The van der Waals surface area contributed by atoms with Gasteiger partial charge in [-0.1, -0.05) is 30.3 Å². The summed E-state index contributed by atoms with van der Waals surface area (Å²) in [5, 5.41) is 0. The minimum absolute atomic E-state index is 0.498. The van der Waals surface area contributed by atoms with Gasteiger partial charge < -0.3 is 0 Å². The topological polar surface area (TPSA) is 109 Å². The third-order valence-electron chi connectivity index (χ3n) is 3.67. The molecule has 20 heavy (non-hydrogen) atoms. The number of rotatable bonds is 2. The summed E-state index contributed by atoms with van der Waals surface area (Å²) in [5.74, 6) is 0. The number of allylic oxidation sites excluding steroid dienone is 3. The third-order valence-corrected chi connectivity index (χ3v) is 7.24. The van der Waals surface area contributed by atoms with Crippen molar-refractivity contribution < 1.29 is 25.9 Å². The van der Waals surface area contributed by atoms with E-state index in [9.17, 15) is 25.9 Å². The highest BCUT2D eigenvalue weighted by Crippen LogP contribution is 2.51. The van der Waals surface area contributed by atoms with Gasteiger partial charge in [0.2, 0.25) is 4.08 Å². The van der Waals surface area contributed by atoms with Crippen molar-refractivity contribution in [3.05, 3.63) is 47.5 Å². The Bertz CT molecular complexity index is 842. The molecule has 0 amide bonds. The first kappa shape index (κ1) is 13.5. The molecule has 0 fully saturated rings. The van der Waals surface area contributed by atoms with Crippen molar-refractivity contribution in [3.8, 4) is 0 Å². The number of benzene rings is 1. The molecule has 0 saturated carbocycles. The van der Waals surface area contributed by atoms with E-state index in [4.69, 9.17) is 0 Å². The Labute approximate surface area is 115 Å². The molecule has 1 aromatic rings. The van der Waals surface area contributed by atoms with E-state index in [1.807, 2.05) is 12.1 Å². The summed E-state index contributed by atoms with van der Waals surface area (Å²) in [5.41, 5.74) is 2.84. The van der Waals surface area contributed by atoms with Gasteiger partial charge in [-0.25, -0.2) is 0 Å². The molecule has 0 aromatic heterocycles. The summed E-state index contributed by atoms with van der Waals surface area (Å²) in [4.78, 5) is 0. The van der Waals surface area contributed by atoms with E-state index in [1.165, 1.54) is 6.08 Å². The Balaban J connectivity index is 2.18. The molecular formula is C12H10O6S2. The summed E-state index contributed by atoms with van der Waals surface area (Å²) < 4.78 is 61.7. The summed E-state index contributed by atoms with van der Waals surface area (Å²) in [6.45, 7) is 0. The van der Waals surface area contributed by atoms with Crippen LogP contribution in [0, 0.1) is 0 Å². The molecule has 0 aliphatic heterocycles. The SMILES string of the molecule is O=S(=O)(O)C1(S(=O)(=O)O)C=CC2=C(C1)c1ccccc12. The smallest absolute Gasteiger partial charge is 0.284 e. The zero-order chi connectivity index (χ0) is 14.8. The molecule has 3 rings (SSSR count). The van der Waals surface area contributed by atoms with Crippen molar-refractivity contribution in [1.82, 2.24) is 0 Å². The summed E-state index contributed by atoms with van der Waals surface area (Å²) in [6, 6.07) is 7.10. The van der Waals surface area contributed by atoms with E-state index in [0.29, 0.717) is 5.57 Å². The first-order valence-corrected chi connectivity index (χ1v) is 8.52. The van der Waals surface area contributed by atoms with Crippen LogP contribution >= 0.6 is 0 Å². The number of hydrogen-bond acceptors (Lipinski definition) is 4. The largest absolute Gasteiger partial charge is 0.291 e. The fourth-order valence-electron chi connectivity index (χ4n) is 2.61. The fourth-order valence-corrected chi connectivity index (χ4v) is 4.81. The minimum Gasteiger partial charge on any atom is -0.284 e. The van der Waals surface area contributed by atoms with E-state index in [2.05, 4.69) is 0 Å². The van der Waals surface area contributed by atoms with E-state index < -0.39 is 30.7 Å². The van der Waals surface area contributed by atoms with Gasteiger partial charge in [-0.05, 0) is 28.3 Å². The van der Waals surface area contributed by atoms with Crippen LogP contribution in [0.25, 0.3) is 11.1 Å². The molecular weight excluding hydrogens is 304 g/mol. The lowest BCUT2D eigenvalue weighted by Crippen LogP contribution is -2.46. The third kappa shape index (κ3) is 1.56. The van der Waals surface area contributed by atoms with Gasteiger partial charge in [0.25, 0.3) is 20.2 Å². The van der Waals surface area contributed by atoms with Crippen LogP contribution in [0.1, 0.15) is 17.5 Å². The van der Waals surface area contributed by atoms with E-state index in [1.54, 1.807) is 12.1 Å². The van der Waals surface area contributed by atoms with Crippen molar-refractivity contribution in [2.75, 3.05) is 0 Å². The number of hydrogen-bond donors (Lipinski definition) is 2. The van der Waals surface area contributed by atoms with Crippen molar-refractivity contribution in [1.29, 1.82) is 0 Å². The van der Waals surface area contributed by atoms with Gasteiger partial charge in [-0.2, -0.15) is 16.8 Å². The van der Waals surface area contributed by atoms with Crippen LogP contribution < -0.4 is 0 Å². The molecule has 1 aromatic carbocycles. The standard InChI is InChI=1S/C12H10O6S2/c13-19(14,15)12(20(16,17)18)6-5-10-8-3-1-2-4-9(8)11(10)7-12/h1-6H,7H2,(H,13,14,15)(H,16,17,18). The average Bonchev–Trinajstić information content (AvgIpc) is 2.32. The van der Waals surface area contributed by atoms with E-state index >= 15 is 0 Å². The zero-order valence-corrected chi connectivity index (χ0v) is 11.6. The Morgan fingerprint density at radius 1 is 0.950 bits per heavy atom. The Kier molecular flexibility index (Phi) is 2.56. The maximum atomic E-state index is 11.5. The maximum absolute atomic E-state index is 11.5. The van der Waals surface area contributed by atoms with Gasteiger partial charge in [-0.3, -0.25) is 9.11 Å². The molecule has 0 radical (unpaired) electrons. The van der Waals surface area contributed by atoms with Crippen LogP contribution in [-0.2, 0) is 20.2 Å². The van der Waals surface area contributed by atoms with Crippen molar-refractivity contribution in [2.24, 2.45) is 0 Å². The second-order valence-electron chi connectivity index (χ2n) is 4.71. The lowest BCUT2D eigenvalue weighted by atomic mass is 9.76. The summed E-state index contributed by atoms with van der Waals surface area (Å²) in [7, 11) is -10.1. The molecule has 0 saturated heterocycles. The van der Waals surface area contributed by atoms with Gasteiger partial charge >= 0.3 is 0 Å². The van der Waals surface area contributed by atoms with Crippen LogP contribution in [0.15, 0.2) is 36.4 Å². The molecule has 0 spiro atoms. The van der Waals surface area contributed by atoms with Crippen molar-refractivity contribution in [2.45, 2.75) is 10.5 Å². The van der Waals surface area contributed by atoms with Crippen molar-refractivity contribution >= 4 is 31.4 Å². The second-order valence-corrected chi connectivity index (χ2v) is 8.33. The summed E-state index contributed by atoms with van der Waals surface area (Å²) >= 11 is 0. The number of fused-ring (bicyclic) bond motifs is 3. The van der Waals surface area contributed by atoms with Crippen LogP contribution in [0.5, 0.6) is 0 Å². The lowest BCUT2D eigenvalue weighted by Gasteiger charge is -2.35. The average molecular weight is 314 g/mol.